The fourth-order valence-corrected chi connectivity index (χ4v) is 2.76. The van der Waals surface area contributed by atoms with Gasteiger partial charge >= 0.3 is 0 Å². The van der Waals surface area contributed by atoms with Crippen LogP contribution in [0.15, 0.2) is 42.7 Å². The van der Waals surface area contributed by atoms with E-state index in [1.54, 1.807) is 18.5 Å². The fraction of sp³-hybridized carbons (Fsp3) is 0.278. The normalized spacial score (nSPS) is 16.2. The Hall–Kier alpha value is -3.09. The van der Waals surface area contributed by atoms with Crippen molar-refractivity contribution < 1.29 is 14.3 Å². The highest BCUT2D eigenvalue weighted by atomic mass is 16.6. The summed E-state index contributed by atoms with van der Waals surface area (Å²) in [4.78, 5) is 16.9. The highest BCUT2D eigenvalue weighted by molar-refractivity contribution is 5.96. The van der Waals surface area contributed by atoms with Gasteiger partial charge in [0.1, 0.15) is 6.61 Å². The number of hydrogen-bond acceptors (Lipinski definition) is 5. The minimum absolute atomic E-state index is 0.170. The number of rotatable bonds is 3. The van der Waals surface area contributed by atoms with E-state index in [-0.39, 0.29) is 18.6 Å². The second kappa shape index (κ2) is 6.08. The van der Waals surface area contributed by atoms with Gasteiger partial charge in [0, 0.05) is 11.4 Å². The molecule has 1 atom stereocenters. The van der Waals surface area contributed by atoms with Gasteiger partial charge in [-0.15, -0.1) is 0 Å². The lowest BCUT2D eigenvalue weighted by Gasteiger charge is -2.25. The molecular formula is C18H18N4O3. The third-order valence-electron chi connectivity index (χ3n) is 3.99. The van der Waals surface area contributed by atoms with Crippen LogP contribution in [-0.4, -0.2) is 33.4 Å². The van der Waals surface area contributed by atoms with E-state index in [0.717, 1.165) is 11.0 Å². The van der Waals surface area contributed by atoms with Crippen LogP contribution in [0.5, 0.6) is 11.5 Å². The zero-order valence-electron chi connectivity index (χ0n) is 14.0. The van der Waals surface area contributed by atoms with Crippen LogP contribution in [0.2, 0.25) is 0 Å². The fourth-order valence-electron chi connectivity index (χ4n) is 2.76. The minimum atomic E-state index is -0.705. The van der Waals surface area contributed by atoms with Gasteiger partial charge in [-0.3, -0.25) is 4.79 Å². The molecule has 3 heterocycles. The van der Waals surface area contributed by atoms with Gasteiger partial charge in [0.15, 0.2) is 17.1 Å². The summed E-state index contributed by atoms with van der Waals surface area (Å²) in [7, 11) is 0. The van der Waals surface area contributed by atoms with Crippen molar-refractivity contribution in [2.75, 3.05) is 11.9 Å². The number of aromatic nitrogens is 3. The first-order chi connectivity index (χ1) is 12.1. The lowest BCUT2D eigenvalue weighted by atomic mass is 10.2. The van der Waals surface area contributed by atoms with E-state index in [0.29, 0.717) is 17.2 Å². The molecule has 1 N–H and O–H groups in total. The molecule has 25 heavy (non-hydrogen) atoms. The smallest absolute Gasteiger partial charge is 0.269 e. The number of hydrogen-bond donors (Lipinski definition) is 1. The first-order valence-electron chi connectivity index (χ1n) is 8.14. The standard InChI is InChI=1S/C18H18N4O3/c1-11(2)22-17-12(8-20-22)7-13(9-19-17)21-18(23)16-10-24-14-5-3-4-6-15(14)25-16/h3-9,11,16H,10H2,1-2H3,(H,21,23)/t16-/m0/s1. The van der Waals surface area contributed by atoms with E-state index >= 15 is 0 Å². The molecule has 1 aliphatic heterocycles. The predicted molar refractivity (Wildman–Crippen MR) is 92.9 cm³/mol. The summed E-state index contributed by atoms with van der Waals surface area (Å²) < 4.78 is 13.1. The van der Waals surface area contributed by atoms with Gasteiger partial charge in [-0.05, 0) is 32.0 Å². The van der Waals surface area contributed by atoms with Gasteiger partial charge in [0.25, 0.3) is 5.91 Å². The summed E-state index contributed by atoms with van der Waals surface area (Å²) >= 11 is 0. The number of anilines is 1. The summed E-state index contributed by atoms with van der Waals surface area (Å²) in [6.45, 7) is 4.26. The van der Waals surface area contributed by atoms with Crippen LogP contribution < -0.4 is 14.8 Å². The van der Waals surface area contributed by atoms with Crippen molar-refractivity contribution in [2.24, 2.45) is 0 Å². The van der Waals surface area contributed by atoms with Gasteiger partial charge < -0.3 is 14.8 Å². The third kappa shape index (κ3) is 2.88. The van der Waals surface area contributed by atoms with Crippen LogP contribution in [0, 0.1) is 0 Å². The van der Waals surface area contributed by atoms with Crippen molar-refractivity contribution in [3.63, 3.8) is 0 Å². The Balaban J connectivity index is 1.50. The number of nitrogens with one attached hydrogen (secondary N) is 1. The van der Waals surface area contributed by atoms with Crippen molar-refractivity contribution in [3.8, 4) is 11.5 Å². The van der Waals surface area contributed by atoms with Crippen molar-refractivity contribution in [1.29, 1.82) is 0 Å². The second-order valence-corrected chi connectivity index (χ2v) is 6.17. The van der Waals surface area contributed by atoms with E-state index in [1.807, 2.05) is 42.8 Å². The van der Waals surface area contributed by atoms with E-state index in [4.69, 9.17) is 9.47 Å². The van der Waals surface area contributed by atoms with Gasteiger partial charge in [-0.25, -0.2) is 9.67 Å². The number of amides is 1. The number of nitrogens with zero attached hydrogens (tertiary/aromatic N) is 3. The molecule has 7 nitrogen and oxygen atoms in total. The van der Waals surface area contributed by atoms with Crippen molar-refractivity contribution in [1.82, 2.24) is 14.8 Å². The highest BCUT2D eigenvalue weighted by Crippen LogP contribution is 2.31. The molecule has 0 unspecified atom stereocenters. The van der Waals surface area contributed by atoms with Crippen LogP contribution >= 0.6 is 0 Å². The summed E-state index contributed by atoms with van der Waals surface area (Å²) in [6, 6.07) is 9.37. The molecule has 1 aliphatic rings. The number of benzene rings is 1. The molecule has 1 aromatic carbocycles. The van der Waals surface area contributed by atoms with Gasteiger partial charge in [-0.2, -0.15) is 5.10 Å². The predicted octanol–water partition coefficient (Wildman–Crippen LogP) is 2.79. The Morgan fingerprint density at radius 3 is 2.88 bits per heavy atom. The molecule has 4 rings (SSSR count). The monoisotopic (exact) mass is 338 g/mol. The van der Waals surface area contributed by atoms with E-state index < -0.39 is 6.10 Å². The Morgan fingerprint density at radius 1 is 1.28 bits per heavy atom. The molecule has 0 saturated heterocycles. The third-order valence-corrected chi connectivity index (χ3v) is 3.99. The van der Waals surface area contributed by atoms with Gasteiger partial charge in [0.2, 0.25) is 6.10 Å². The number of fused-ring (bicyclic) bond motifs is 2. The Kier molecular flexibility index (Phi) is 3.76. The molecule has 0 fully saturated rings. The largest absolute Gasteiger partial charge is 0.485 e. The van der Waals surface area contributed by atoms with Crippen LogP contribution in [0.4, 0.5) is 5.69 Å². The maximum Gasteiger partial charge on any atom is 0.269 e. The van der Waals surface area contributed by atoms with E-state index in [1.165, 1.54) is 0 Å². The molecule has 0 saturated carbocycles. The Labute approximate surface area is 144 Å². The van der Waals surface area contributed by atoms with Gasteiger partial charge in [-0.1, -0.05) is 12.1 Å². The maximum atomic E-state index is 12.5. The molecule has 0 spiro atoms. The molecule has 2 aromatic heterocycles. The lowest BCUT2D eigenvalue weighted by molar-refractivity contribution is -0.125. The summed E-state index contributed by atoms with van der Waals surface area (Å²) in [5.74, 6) is 0.948. The van der Waals surface area contributed by atoms with Crippen molar-refractivity contribution in [3.05, 3.63) is 42.7 Å². The summed E-state index contributed by atoms with van der Waals surface area (Å²) in [5, 5.41) is 8.03. The molecule has 0 bridgehead atoms. The molecule has 0 aliphatic carbocycles. The average Bonchev–Trinajstić information content (AvgIpc) is 3.04. The topological polar surface area (TPSA) is 78.3 Å². The van der Waals surface area contributed by atoms with E-state index in [2.05, 4.69) is 15.4 Å². The van der Waals surface area contributed by atoms with Gasteiger partial charge in [0.05, 0.1) is 18.1 Å². The molecule has 128 valence electrons. The quantitative estimate of drug-likeness (QED) is 0.794. The minimum Gasteiger partial charge on any atom is -0.485 e. The zero-order chi connectivity index (χ0) is 17.4. The number of para-hydroxylation sites is 2. The molecule has 1 amide bonds. The summed E-state index contributed by atoms with van der Waals surface area (Å²) in [6.07, 6.45) is 2.66. The molecule has 3 aromatic rings. The molecule has 7 heteroatoms. The average molecular weight is 338 g/mol. The van der Waals surface area contributed by atoms with Crippen LogP contribution in [0.1, 0.15) is 19.9 Å². The number of carbonyl (C=O) groups excluding carboxylic acids is 1. The number of carbonyl (C=O) groups is 1. The van der Waals surface area contributed by atoms with Crippen molar-refractivity contribution >= 4 is 22.6 Å². The second-order valence-electron chi connectivity index (χ2n) is 6.17. The molecule has 0 radical (unpaired) electrons. The van der Waals surface area contributed by atoms with Crippen LogP contribution in [0.25, 0.3) is 11.0 Å². The highest BCUT2D eigenvalue weighted by Gasteiger charge is 2.27. The Morgan fingerprint density at radius 2 is 2.08 bits per heavy atom. The van der Waals surface area contributed by atoms with Crippen LogP contribution in [-0.2, 0) is 4.79 Å². The SMILES string of the molecule is CC(C)n1ncc2cc(NC(=O)[C@@H]3COc4ccccc4O3)cnc21. The Bertz CT molecular complexity index is 935. The lowest BCUT2D eigenvalue weighted by Crippen LogP contribution is -2.40. The number of ether oxygens (including phenoxy) is 2. The van der Waals surface area contributed by atoms with Crippen LogP contribution in [0.3, 0.4) is 0 Å². The zero-order valence-corrected chi connectivity index (χ0v) is 14.0. The van der Waals surface area contributed by atoms with Crippen molar-refractivity contribution in [2.45, 2.75) is 26.0 Å². The first kappa shape index (κ1) is 15.4. The first-order valence-corrected chi connectivity index (χ1v) is 8.14. The maximum absolute atomic E-state index is 12.5. The number of pyridine rings is 1. The van der Waals surface area contributed by atoms with E-state index in [9.17, 15) is 4.79 Å². The molecular weight excluding hydrogens is 320 g/mol. The summed E-state index contributed by atoms with van der Waals surface area (Å²) in [5.41, 5.74) is 1.39.